The van der Waals surface area contributed by atoms with Gasteiger partial charge in [-0.1, -0.05) is 84.9 Å². The standard InChI is InChI=1S/C47H42/c1-26-28(3)32(7)44-42(30(26)5)46(38-19-14-18-35(23-38)34-15-10-9-11-16-34)43-31(6)27(2)29(4)33(8)45(43)47(44)39-22-21-37-24-36-17-12-13-20-40(36)41(37)25-39/h9-23,25H,24H2,1-8H3. The molecule has 7 aromatic carbocycles. The van der Waals surface area contributed by atoms with Gasteiger partial charge in [0.1, 0.15) is 0 Å². The van der Waals surface area contributed by atoms with Crippen molar-refractivity contribution in [3.05, 3.63) is 153 Å². The molecule has 0 N–H and O–H groups in total. The van der Waals surface area contributed by atoms with Gasteiger partial charge in [0, 0.05) is 0 Å². The molecule has 0 heterocycles. The van der Waals surface area contributed by atoms with Gasteiger partial charge in [0.15, 0.2) is 0 Å². The Morgan fingerprint density at radius 1 is 0.319 bits per heavy atom. The predicted molar refractivity (Wildman–Crippen MR) is 204 cm³/mol. The maximum atomic E-state index is 2.50. The van der Waals surface area contributed by atoms with Crippen LogP contribution in [0.3, 0.4) is 0 Å². The second-order valence-electron chi connectivity index (χ2n) is 13.9. The number of hydrogen-bond donors (Lipinski definition) is 0. The smallest absolute Gasteiger partial charge is 0.00134 e. The number of rotatable bonds is 3. The molecule has 0 saturated heterocycles. The molecular weight excluding hydrogens is 565 g/mol. The van der Waals surface area contributed by atoms with E-state index >= 15 is 0 Å². The predicted octanol–water partition coefficient (Wildman–Crippen LogP) is 13.0. The van der Waals surface area contributed by atoms with Crippen molar-refractivity contribution in [2.24, 2.45) is 0 Å². The molecule has 0 heteroatoms. The highest BCUT2D eigenvalue weighted by atomic mass is 14.3. The van der Waals surface area contributed by atoms with Crippen molar-refractivity contribution in [3.8, 4) is 44.5 Å². The van der Waals surface area contributed by atoms with E-state index in [1.54, 1.807) is 0 Å². The molecule has 0 spiro atoms. The lowest BCUT2D eigenvalue weighted by Gasteiger charge is -2.27. The Hall–Kier alpha value is -4.94. The fourth-order valence-corrected chi connectivity index (χ4v) is 8.47. The van der Waals surface area contributed by atoms with Crippen LogP contribution in [-0.4, -0.2) is 0 Å². The molecule has 0 fully saturated rings. The van der Waals surface area contributed by atoms with Crippen LogP contribution in [0.5, 0.6) is 0 Å². The molecule has 0 aromatic heterocycles. The SMILES string of the molecule is Cc1c(C)c(C)c2c(-c3ccc4c(c3)-c3ccccc3C4)c3c(C)c(C)c(C)c(C)c3c(-c3cccc(-c4ccccc4)c3)c2c1C. The summed E-state index contributed by atoms with van der Waals surface area (Å²) in [5, 5.41) is 5.58. The van der Waals surface area contributed by atoms with E-state index in [9.17, 15) is 0 Å². The van der Waals surface area contributed by atoms with Crippen LogP contribution in [0.4, 0.5) is 0 Å². The van der Waals surface area contributed by atoms with Gasteiger partial charge >= 0.3 is 0 Å². The van der Waals surface area contributed by atoms with Gasteiger partial charge in [0.05, 0.1) is 0 Å². The second-order valence-corrected chi connectivity index (χ2v) is 13.9. The third-order valence-corrected chi connectivity index (χ3v) is 11.7. The maximum absolute atomic E-state index is 2.50. The number of benzene rings is 7. The van der Waals surface area contributed by atoms with Gasteiger partial charge in [-0.15, -0.1) is 0 Å². The summed E-state index contributed by atoms with van der Waals surface area (Å²) >= 11 is 0. The molecule has 0 atom stereocenters. The highest BCUT2D eigenvalue weighted by Crippen LogP contribution is 2.51. The van der Waals surface area contributed by atoms with E-state index in [-0.39, 0.29) is 0 Å². The molecule has 0 nitrogen and oxygen atoms in total. The Morgan fingerprint density at radius 3 is 1.34 bits per heavy atom. The Balaban J connectivity index is 1.59. The van der Waals surface area contributed by atoms with Gasteiger partial charge < -0.3 is 0 Å². The van der Waals surface area contributed by atoms with Crippen LogP contribution >= 0.6 is 0 Å². The quantitative estimate of drug-likeness (QED) is 0.176. The first-order valence-corrected chi connectivity index (χ1v) is 17.0. The average molecular weight is 607 g/mol. The highest BCUT2D eigenvalue weighted by Gasteiger charge is 2.27. The summed E-state index contributed by atoms with van der Waals surface area (Å²) in [6.07, 6.45) is 1.01. The first-order valence-electron chi connectivity index (χ1n) is 17.0. The summed E-state index contributed by atoms with van der Waals surface area (Å²) in [5.41, 5.74) is 24.6. The Bertz CT molecular complexity index is 2350. The molecule has 0 bridgehead atoms. The molecule has 1 aliphatic rings. The molecule has 47 heavy (non-hydrogen) atoms. The van der Waals surface area contributed by atoms with Gasteiger partial charge in [-0.25, -0.2) is 0 Å². The molecule has 0 unspecified atom stereocenters. The van der Waals surface area contributed by atoms with E-state index in [4.69, 9.17) is 0 Å². The minimum absolute atomic E-state index is 1.01. The lowest BCUT2D eigenvalue weighted by atomic mass is 9.76. The normalized spacial score (nSPS) is 12.2. The van der Waals surface area contributed by atoms with E-state index in [0.29, 0.717) is 0 Å². The lowest BCUT2D eigenvalue weighted by molar-refractivity contribution is 1.24. The number of fused-ring (bicyclic) bond motifs is 5. The molecule has 1 aliphatic carbocycles. The van der Waals surface area contributed by atoms with Crippen LogP contribution in [-0.2, 0) is 6.42 Å². The Labute approximate surface area is 279 Å². The van der Waals surface area contributed by atoms with Crippen LogP contribution < -0.4 is 0 Å². The largest absolute Gasteiger partial charge is 0.0622 e. The molecular formula is C47H42. The third-order valence-electron chi connectivity index (χ3n) is 11.7. The van der Waals surface area contributed by atoms with Crippen molar-refractivity contribution >= 4 is 21.5 Å². The van der Waals surface area contributed by atoms with E-state index in [1.807, 2.05) is 0 Å². The zero-order chi connectivity index (χ0) is 32.7. The maximum Gasteiger partial charge on any atom is -0.00134 e. The van der Waals surface area contributed by atoms with Gasteiger partial charge in [-0.3, -0.25) is 0 Å². The summed E-state index contributed by atoms with van der Waals surface area (Å²) in [7, 11) is 0. The molecule has 8 rings (SSSR count). The number of hydrogen-bond acceptors (Lipinski definition) is 0. The molecule has 0 saturated carbocycles. The molecule has 0 amide bonds. The molecule has 0 aliphatic heterocycles. The van der Waals surface area contributed by atoms with Crippen molar-refractivity contribution in [1.82, 2.24) is 0 Å². The second kappa shape index (κ2) is 10.8. The Morgan fingerprint density at radius 2 is 0.766 bits per heavy atom. The van der Waals surface area contributed by atoms with Crippen LogP contribution in [0.25, 0.3) is 66.1 Å². The topological polar surface area (TPSA) is 0 Å². The summed E-state index contributed by atoms with van der Waals surface area (Å²) in [6, 6.07) is 36.3. The Kier molecular flexibility index (Phi) is 6.78. The monoisotopic (exact) mass is 606 g/mol. The highest BCUT2D eigenvalue weighted by molar-refractivity contribution is 6.25. The van der Waals surface area contributed by atoms with E-state index in [1.165, 1.54) is 122 Å². The van der Waals surface area contributed by atoms with E-state index in [0.717, 1.165) is 6.42 Å². The van der Waals surface area contributed by atoms with Gasteiger partial charge in [-0.05, 0) is 196 Å². The van der Waals surface area contributed by atoms with Crippen molar-refractivity contribution < 1.29 is 0 Å². The summed E-state index contributed by atoms with van der Waals surface area (Å²) < 4.78 is 0. The van der Waals surface area contributed by atoms with Gasteiger partial charge in [0.2, 0.25) is 0 Å². The molecule has 0 radical (unpaired) electrons. The summed E-state index contributed by atoms with van der Waals surface area (Å²) in [6.45, 7) is 18.7. The van der Waals surface area contributed by atoms with Crippen LogP contribution in [0.1, 0.15) is 55.6 Å². The van der Waals surface area contributed by atoms with Crippen molar-refractivity contribution in [3.63, 3.8) is 0 Å². The molecule has 230 valence electrons. The first-order chi connectivity index (χ1) is 22.7. The van der Waals surface area contributed by atoms with Crippen LogP contribution in [0.15, 0.2) is 97.1 Å². The fraction of sp³-hybridized carbons (Fsp3) is 0.191. The zero-order valence-corrected chi connectivity index (χ0v) is 28.9. The third kappa shape index (κ3) is 4.27. The summed E-state index contributed by atoms with van der Waals surface area (Å²) in [5.74, 6) is 0. The van der Waals surface area contributed by atoms with Crippen molar-refractivity contribution in [2.45, 2.75) is 61.8 Å². The zero-order valence-electron chi connectivity index (χ0n) is 28.9. The minimum Gasteiger partial charge on any atom is -0.0622 e. The van der Waals surface area contributed by atoms with Crippen molar-refractivity contribution in [1.29, 1.82) is 0 Å². The van der Waals surface area contributed by atoms with Crippen LogP contribution in [0, 0.1) is 55.4 Å². The van der Waals surface area contributed by atoms with Gasteiger partial charge in [-0.2, -0.15) is 0 Å². The average Bonchev–Trinajstić information content (AvgIpc) is 3.48. The van der Waals surface area contributed by atoms with Crippen LogP contribution in [0.2, 0.25) is 0 Å². The number of aryl methyl sites for hydroxylation is 4. The molecule has 7 aromatic rings. The van der Waals surface area contributed by atoms with E-state index in [2.05, 4.69) is 152 Å². The minimum atomic E-state index is 1.01. The lowest BCUT2D eigenvalue weighted by Crippen LogP contribution is -2.04. The van der Waals surface area contributed by atoms with Gasteiger partial charge in [0.25, 0.3) is 0 Å². The fourth-order valence-electron chi connectivity index (χ4n) is 8.47. The first kappa shape index (κ1) is 29.5. The summed E-state index contributed by atoms with van der Waals surface area (Å²) in [4.78, 5) is 0. The van der Waals surface area contributed by atoms with E-state index < -0.39 is 0 Å². The van der Waals surface area contributed by atoms with Crippen molar-refractivity contribution in [2.75, 3.05) is 0 Å².